The van der Waals surface area contributed by atoms with E-state index in [1.165, 1.54) is 38.9 Å². The summed E-state index contributed by atoms with van der Waals surface area (Å²) < 4.78 is 28.3. The predicted molar refractivity (Wildman–Crippen MR) is 147 cm³/mol. The minimum absolute atomic E-state index is 0.0981. The molecule has 1 aliphatic rings. The summed E-state index contributed by atoms with van der Waals surface area (Å²) in [6.45, 7) is 14.6. The Kier molecular flexibility index (Phi) is 7.92. The van der Waals surface area contributed by atoms with Crippen molar-refractivity contribution >= 4 is 42.6 Å². The SMILES string of the molecule is C=CCN(CC=C)S(=O)(=O)c1ccc(C(=O)N2CCN(c3nc4c(C(C)C)cccc4s3)CC2)cc1. The van der Waals surface area contributed by atoms with Crippen LogP contribution in [0.25, 0.3) is 10.2 Å². The third kappa shape index (κ3) is 5.23. The zero-order valence-electron chi connectivity index (χ0n) is 20.8. The van der Waals surface area contributed by atoms with Crippen LogP contribution in [-0.2, 0) is 10.0 Å². The Morgan fingerprint density at radius 2 is 1.69 bits per heavy atom. The summed E-state index contributed by atoms with van der Waals surface area (Å²) in [4.78, 5) is 22.2. The molecule has 36 heavy (non-hydrogen) atoms. The molecule has 0 radical (unpaired) electrons. The number of nitrogens with zero attached hydrogens (tertiary/aromatic N) is 4. The maximum absolute atomic E-state index is 13.1. The number of hydrogen-bond acceptors (Lipinski definition) is 6. The van der Waals surface area contributed by atoms with Crippen molar-refractivity contribution in [2.75, 3.05) is 44.2 Å². The van der Waals surface area contributed by atoms with Gasteiger partial charge in [0, 0.05) is 44.8 Å². The van der Waals surface area contributed by atoms with E-state index in [0.29, 0.717) is 37.7 Å². The van der Waals surface area contributed by atoms with Crippen molar-refractivity contribution in [1.29, 1.82) is 0 Å². The van der Waals surface area contributed by atoms with Crippen molar-refractivity contribution in [2.24, 2.45) is 0 Å². The number of para-hydroxylation sites is 1. The summed E-state index contributed by atoms with van der Waals surface area (Å²) in [6.07, 6.45) is 3.08. The van der Waals surface area contributed by atoms with Crippen molar-refractivity contribution in [3.63, 3.8) is 0 Å². The molecular formula is C27H32N4O3S2. The monoisotopic (exact) mass is 524 g/mol. The number of sulfonamides is 1. The van der Waals surface area contributed by atoms with Gasteiger partial charge in [-0.2, -0.15) is 4.31 Å². The van der Waals surface area contributed by atoms with E-state index in [9.17, 15) is 13.2 Å². The molecule has 0 spiro atoms. The second-order valence-corrected chi connectivity index (χ2v) is 12.0. The Morgan fingerprint density at radius 1 is 1.06 bits per heavy atom. The molecule has 4 rings (SSSR count). The van der Waals surface area contributed by atoms with Crippen molar-refractivity contribution in [3.8, 4) is 0 Å². The first-order valence-electron chi connectivity index (χ1n) is 12.0. The third-order valence-electron chi connectivity index (χ3n) is 6.30. The quantitative estimate of drug-likeness (QED) is 0.378. The second-order valence-electron chi connectivity index (χ2n) is 9.05. The number of fused-ring (bicyclic) bond motifs is 1. The topological polar surface area (TPSA) is 73.8 Å². The zero-order chi connectivity index (χ0) is 25.9. The average Bonchev–Trinajstić information content (AvgIpc) is 3.33. The van der Waals surface area contributed by atoms with Gasteiger partial charge in [0.2, 0.25) is 10.0 Å². The minimum atomic E-state index is -3.70. The Bertz CT molecular complexity index is 1350. The fraction of sp³-hybridized carbons (Fsp3) is 0.333. The maximum atomic E-state index is 13.1. The standard InChI is InChI=1S/C27H32N4O3S2/c1-5-14-31(15-6-2)36(33,34)22-12-10-21(11-13-22)26(32)29-16-18-30(19-17-29)27-28-25-23(20(3)4)8-7-9-24(25)35-27/h5-13,20H,1-2,14-19H2,3-4H3. The number of piperazine rings is 1. The normalized spacial score (nSPS) is 14.6. The number of anilines is 1. The Morgan fingerprint density at radius 3 is 2.28 bits per heavy atom. The first-order valence-corrected chi connectivity index (χ1v) is 14.3. The molecule has 1 aliphatic heterocycles. The summed E-state index contributed by atoms with van der Waals surface area (Å²) in [6, 6.07) is 12.5. The highest BCUT2D eigenvalue weighted by molar-refractivity contribution is 7.89. The van der Waals surface area contributed by atoms with Gasteiger partial charge in [-0.25, -0.2) is 13.4 Å². The first kappa shape index (κ1) is 26.1. The van der Waals surface area contributed by atoms with E-state index >= 15 is 0 Å². The van der Waals surface area contributed by atoms with Crippen LogP contribution < -0.4 is 4.90 Å². The van der Waals surface area contributed by atoms with Crippen LogP contribution in [0.4, 0.5) is 5.13 Å². The summed E-state index contributed by atoms with van der Waals surface area (Å²) in [5.41, 5.74) is 2.80. The van der Waals surface area contributed by atoms with Gasteiger partial charge in [0.05, 0.1) is 15.1 Å². The molecule has 3 aromatic rings. The predicted octanol–water partition coefficient (Wildman–Crippen LogP) is 4.74. The molecule has 2 heterocycles. The molecule has 9 heteroatoms. The van der Waals surface area contributed by atoms with Crippen molar-refractivity contribution in [2.45, 2.75) is 24.7 Å². The molecule has 1 aromatic heterocycles. The number of hydrogen-bond donors (Lipinski definition) is 0. The molecule has 0 saturated carbocycles. The van der Waals surface area contributed by atoms with Crippen LogP contribution in [0.1, 0.15) is 35.7 Å². The number of thiazole rings is 1. The van der Waals surface area contributed by atoms with Gasteiger partial charge in [-0.1, -0.05) is 49.5 Å². The van der Waals surface area contributed by atoms with Crippen LogP contribution in [0.5, 0.6) is 0 Å². The lowest BCUT2D eigenvalue weighted by Crippen LogP contribution is -2.48. The highest BCUT2D eigenvalue weighted by Crippen LogP contribution is 2.34. The van der Waals surface area contributed by atoms with Gasteiger partial charge in [-0.3, -0.25) is 4.79 Å². The summed E-state index contributed by atoms with van der Waals surface area (Å²) >= 11 is 1.69. The van der Waals surface area contributed by atoms with Gasteiger partial charge in [0.1, 0.15) is 0 Å². The van der Waals surface area contributed by atoms with E-state index in [4.69, 9.17) is 4.98 Å². The first-order chi connectivity index (χ1) is 17.3. The molecule has 0 unspecified atom stereocenters. The fourth-order valence-corrected chi connectivity index (χ4v) is 6.75. The summed E-state index contributed by atoms with van der Waals surface area (Å²) in [7, 11) is -3.70. The lowest BCUT2D eigenvalue weighted by Gasteiger charge is -2.34. The molecular weight excluding hydrogens is 492 g/mol. The van der Waals surface area contributed by atoms with E-state index in [2.05, 4.69) is 50.1 Å². The summed E-state index contributed by atoms with van der Waals surface area (Å²) in [5, 5.41) is 0.989. The van der Waals surface area contributed by atoms with E-state index in [-0.39, 0.29) is 23.9 Å². The van der Waals surface area contributed by atoms with Crippen molar-refractivity contribution in [3.05, 3.63) is 78.9 Å². The molecule has 1 fully saturated rings. The Hall–Kier alpha value is -3.01. The fourth-order valence-electron chi connectivity index (χ4n) is 4.32. The van der Waals surface area contributed by atoms with E-state index in [1.807, 2.05) is 4.90 Å². The molecule has 1 amide bonds. The molecule has 2 aromatic carbocycles. The lowest BCUT2D eigenvalue weighted by atomic mass is 10.0. The number of carbonyl (C=O) groups is 1. The van der Waals surface area contributed by atoms with Crippen LogP contribution in [0.2, 0.25) is 0 Å². The minimum Gasteiger partial charge on any atom is -0.345 e. The molecule has 0 N–H and O–H groups in total. The lowest BCUT2D eigenvalue weighted by molar-refractivity contribution is 0.0746. The van der Waals surface area contributed by atoms with Crippen molar-refractivity contribution in [1.82, 2.24) is 14.2 Å². The van der Waals surface area contributed by atoms with Crippen LogP contribution >= 0.6 is 11.3 Å². The number of aromatic nitrogens is 1. The van der Waals surface area contributed by atoms with Crippen LogP contribution in [0, 0.1) is 0 Å². The zero-order valence-corrected chi connectivity index (χ0v) is 22.4. The Balaban J connectivity index is 1.43. The number of amides is 1. The molecule has 1 saturated heterocycles. The van der Waals surface area contributed by atoms with Gasteiger partial charge in [-0.05, 0) is 41.8 Å². The van der Waals surface area contributed by atoms with Crippen LogP contribution in [0.3, 0.4) is 0 Å². The van der Waals surface area contributed by atoms with Gasteiger partial charge < -0.3 is 9.80 Å². The molecule has 0 aliphatic carbocycles. The molecule has 0 atom stereocenters. The molecule has 190 valence electrons. The van der Waals surface area contributed by atoms with Crippen LogP contribution in [-0.4, -0.2) is 67.8 Å². The third-order valence-corrected chi connectivity index (χ3v) is 9.23. The van der Waals surface area contributed by atoms with Gasteiger partial charge in [-0.15, -0.1) is 13.2 Å². The van der Waals surface area contributed by atoms with E-state index < -0.39 is 10.0 Å². The van der Waals surface area contributed by atoms with E-state index in [0.717, 1.165) is 10.6 Å². The van der Waals surface area contributed by atoms with Gasteiger partial charge in [0.15, 0.2) is 5.13 Å². The second kappa shape index (κ2) is 10.9. The largest absolute Gasteiger partial charge is 0.345 e. The highest BCUT2D eigenvalue weighted by atomic mass is 32.2. The maximum Gasteiger partial charge on any atom is 0.253 e. The smallest absolute Gasteiger partial charge is 0.253 e. The van der Waals surface area contributed by atoms with Crippen LogP contribution in [0.15, 0.2) is 72.7 Å². The molecule has 0 bridgehead atoms. The van der Waals surface area contributed by atoms with Crippen molar-refractivity contribution < 1.29 is 13.2 Å². The number of benzene rings is 2. The number of rotatable bonds is 9. The number of carbonyl (C=O) groups excluding carboxylic acids is 1. The Labute approximate surface area is 217 Å². The van der Waals surface area contributed by atoms with E-state index in [1.54, 1.807) is 23.5 Å². The summed E-state index contributed by atoms with van der Waals surface area (Å²) in [5.74, 6) is 0.311. The highest BCUT2D eigenvalue weighted by Gasteiger charge is 2.26. The molecule has 7 nitrogen and oxygen atoms in total. The average molecular weight is 525 g/mol. The van der Waals surface area contributed by atoms with Gasteiger partial charge in [0.25, 0.3) is 5.91 Å². The van der Waals surface area contributed by atoms with Gasteiger partial charge >= 0.3 is 0 Å².